The number of nitro groups is 1. The van der Waals surface area contributed by atoms with Gasteiger partial charge >= 0.3 is 5.97 Å². The predicted molar refractivity (Wildman–Crippen MR) is 97.8 cm³/mol. The number of nitro benzene ring substituents is 1. The molecule has 150 valence electrons. The Kier molecular flexibility index (Phi) is 7.46. The summed E-state index contributed by atoms with van der Waals surface area (Å²) in [4.78, 5) is 35.6. The quantitative estimate of drug-likeness (QED) is 0.371. The van der Waals surface area contributed by atoms with Crippen LogP contribution in [0, 0.1) is 10.1 Å². The van der Waals surface area contributed by atoms with E-state index in [0.717, 1.165) is 31.2 Å². The number of hydrogen-bond acceptors (Lipinski definition) is 7. The highest BCUT2D eigenvalue weighted by Gasteiger charge is 2.32. The van der Waals surface area contributed by atoms with Gasteiger partial charge in [0, 0.05) is 24.2 Å². The van der Waals surface area contributed by atoms with E-state index in [-0.39, 0.29) is 22.7 Å². The lowest BCUT2D eigenvalue weighted by molar-refractivity contribution is -0.384. The molecular formula is C17H24N2O7S. The van der Waals surface area contributed by atoms with Crippen LogP contribution in [0.4, 0.5) is 5.69 Å². The van der Waals surface area contributed by atoms with Crippen LogP contribution in [0.3, 0.4) is 0 Å². The summed E-state index contributed by atoms with van der Waals surface area (Å²) in [5.74, 6) is -1.48. The van der Waals surface area contributed by atoms with E-state index in [1.54, 1.807) is 0 Å². The van der Waals surface area contributed by atoms with E-state index in [1.165, 1.54) is 4.90 Å². The molecule has 0 bridgehead atoms. The Labute approximate surface area is 158 Å². The van der Waals surface area contributed by atoms with Gasteiger partial charge in [-0.05, 0) is 46.8 Å². The van der Waals surface area contributed by atoms with E-state index in [0.29, 0.717) is 0 Å². The summed E-state index contributed by atoms with van der Waals surface area (Å²) in [5, 5.41) is 9.09. The van der Waals surface area contributed by atoms with Crippen LogP contribution in [-0.4, -0.2) is 54.1 Å². The minimum absolute atomic E-state index is 0.0996. The van der Waals surface area contributed by atoms with Gasteiger partial charge < -0.3 is 9.64 Å². The molecule has 0 heterocycles. The number of esters is 1. The molecule has 1 amide bonds. The van der Waals surface area contributed by atoms with Gasteiger partial charge in [-0.1, -0.05) is 0 Å². The van der Waals surface area contributed by atoms with Gasteiger partial charge in [0.1, 0.15) is 0 Å². The van der Waals surface area contributed by atoms with E-state index in [1.807, 2.05) is 27.7 Å². The molecule has 0 radical (unpaired) electrons. The molecule has 9 nitrogen and oxygen atoms in total. The van der Waals surface area contributed by atoms with Crippen molar-refractivity contribution < 1.29 is 27.7 Å². The number of non-ortho nitro benzene ring substituents is 1. The number of carbonyl (C=O) groups excluding carboxylic acids is 2. The van der Waals surface area contributed by atoms with E-state index in [9.17, 15) is 28.1 Å². The predicted octanol–water partition coefficient (Wildman–Crippen LogP) is 1.95. The Morgan fingerprint density at radius 3 is 1.96 bits per heavy atom. The maximum absolute atomic E-state index is 12.5. The summed E-state index contributed by atoms with van der Waals surface area (Å²) in [6, 6.07) is 3.99. The minimum atomic E-state index is -4.10. The van der Waals surface area contributed by atoms with Gasteiger partial charge in [0.05, 0.1) is 9.82 Å². The topological polar surface area (TPSA) is 124 Å². The summed E-state index contributed by atoms with van der Waals surface area (Å²) in [6.45, 7) is 7.87. The maximum Gasteiger partial charge on any atom is 0.324 e. The van der Waals surface area contributed by atoms with Gasteiger partial charge in [-0.15, -0.1) is 0 Å². The van der Waals surface area contributed by atoms with Crippen molar-refractivity contribution in [3.05, 3.63) is 34.4 Å². The van der Waals surface area contributed by atoms with Crippen molar-refractivity contribution in [2.24, 2.45) is 0 Å². The number of rotatable bonds is 8. The lowest BCUT2D eigenvalue weighted by Crippen LogP contribution is -2.44. The standard InChI is InChI=1S/C17H24N2O7S/c1-11(2)18(12(3)4)16(20)10-26-17(21)13(5)27(24,25)15-8-6-14(7-9-15)19(22)23/h6-9,11-13H,10H2,1-5H3/t13-/m1/s1. The van der Waals surface area contributed by atoms with Crippen molar-refractivity contribution in [2.75, 3.05) is 6.61 Å². The molecule has 0 saturated heterocycles. The first kappa shape index (κ1) is 22.6. The van der Waals surface area contributed by atoms with Gasteiger partial charge in [0.25, 0.3) is 11.6 Å². The lowest BCUT2D eigenvalue weighted by Gasteiger charge is -2.30. The number of nitrogens with zero attached hydrogens (tertiary/aromatic N) is 2. The third kappa shape index (κ3) is 5.49. The van der Waals surface area contributed by atoms with Crippen LogP contribution in [0.5, 0.6) is 0 Å². The zero-order chi connectivity index (χ0) is 20.9. The zero-order valence-electron chi connectivity index (χ0n) is 15.9. The van der Waals surface area contributed by atoms with Gasteiger partial charge in [0.2, 0.25) is 0 Å². The van der Waals surface area contributed by atoms with Gasteiger partial charge in [0.15, 0.2) is 21.7 Å². The second-order valence-electron chi connectivity index (χ2n) is 6.53. The Balaban J connectivity index is 2.85. The smallest absolute Gasteiger partial charge is 0.324 e. The van der Waals surface area contributed by atoms with Crippen LogP contribution < -0.4 is 0 Å². The van der Waals surface area contributed by atoms with E-state index in [2.05, 4.69) is 0 Å². The van der Waals surface area contributed by atoms with E-state index < -0.39 is 38.5 Å². The van der Waals surface area contributed by atoms with Crippen LogP contribution in [0.25, 0.3) is 0 Å². The molecule has 0 fully saturated rings. The molecule has 0 aromatic heterocycles. The SMILES string of the molecule is CC(C)N(C(=O)COC(=O)[C@@H](C)S(=O)(=O)c1ccc([N+](=O)[O-])cc1)C(C)C. The van der Waals surface area contributed by atoms with Crippen molar-refractivity contribution in [3.8, 4) is 0 Å². The summed E-state index contributed by atoms with van der Waals surface area (Å²) >= 11 is 0. The van der Waals surface area contributed by atoms with E-state index in [4.69, 9.17) is 4.74 Å². The van der Waals surface area contributed by atoms with Crippen molar-refractivity contribution >= 4 is 27.4 Å². The van der Waals surface area contributed by atoms with Crippen LogP contribution in [0.15, 0.2) is 29.2 Å². The fourth-order valence-corrected chi connectivity index (χ4v) is 3.83. The van der Waals surface area contributed by atoms with Gasteiger partial charge in [-0.25, -0.2) is 8.42 Å². The van der Waals surface area contributed by atoms with Crippen LogP contribution in [-0.2, 0) is 24.2 Å². The van der Waals surface area contributed by atoms with Crippen molar-refractivity contribution in [1.82, 2.24) is 4.90 Å². The zero-order valence-corrected chi connectivity index (χ0v) is 16.7. The molecular weight excluding hydrogens is 376 g/mol. The largest absolute Gasteiger partial charge is 0.455 e. The first-order valence-corrected chi connectivity index (χ1v) is 9.90. The molecule has 0 aliphatic carbocycles. The molecule has 27 heavy (non-hydrogen) atoms. The normalized spacial score (nSPS) is 12.7. The Bertz CT molecular complexity index is 793. The number of carbonyl (C=O) groups is 2. The number of ether oxygens (including phenoxy) is 1. The van der Waals surface area contributed by atoms with Crippen LogP contribution in [0.1, 0.15) is 34.6 Å². The van der Waals surface area contributed by atoms with Crippen molar-refractivity contribution in [3.63, 3.8) is 0 Å². The fraction of sp³-hybridized carbons (Fsp3) is 0.529. The second kappa shape index (κ2) is 8.94. The van der Waals surface area contributed by atoms with Gasteiger partial charge in [-0.2, -0.15) is 0 Å². The monoisotopic (exact) mass is 400 g/mol. The van der Waals surface area contributed by atoms with Crippen molar-refractivity contribution in [2.45, 2.75) is 56.8 Å². The average Bonchev–Trinajstić information content (AvgIpc) is 2.58. The maximum atomic E-state index is 12.5. The molecule has 0 spiro atoms. The fourth-order valence-electron chi connectivity index (χ4n) is 2.59. The third-order valence-electron chi connectivity index (χ3n) is 3.91. The number of hydrogen-bond donors (Lipinski definition) is 0. The molecule has 1 aromatic rings. The Morgan fingerprint density at radius 1 is 1.07 bits per heavy atom. The Hall–Kier alpha value is -2.49. The van der Waals surface area contributed by atoms with Crippen LogP contribution >= 0.6 is 0 Å². The minimum Gasteiger partial charge on any atom is -0.455 e. The molecule has 0 saturated carbocycles. The number of sulfone groups is 1. The third-order valence-corrected chi connectivity index (χ3v) is 5.96. The second-order valence-corrected chi connectivity index (χ2v) is 8.80. The molecule has 0 N–H and O–H groups in total. The molecule has 0 unspecified atom stereocenters. The summed E-state index contributed by atoms with van der Waals surface area (Å²) in [5.41, 5.74) is -0.266. The molecule has 1 aromatic carbocycles. The summed E-state index contributed by atoms with van der Waals surface area (Å²) in [7, 11) is -4.10. The molecule has 1 atom stereocenters. The van der Waals surface area contributed by atoms with Gasteiger partial charge in [-0.3, -0.25) is 19.7 Å². The lowest BCUT2D eigenvalue weighted by atomic mass is 10.2. The first-order valence-electron chi connectivity index (χ1n) is 8.35. The highest BCUT2D eigenvalue weighted by molar-refractivity contribution is 7.92. The molecule has 10 heteroatoms. The average molecular weight is 400 g/mol. The molecule has 0 aliphatic rings. The highest BCUT2D eigenvalue weighted by Crippen LogP contribution is 2.20. The first-order chi connectivity index (χ1) is 12.4. The highest BCUT2D eigenvalue weighted by atomic mass is 32.2. The number of amides is 1. The summed E-state index contributed by atoms with van der Waals surface area (Å²) in [6.07, 6.45) is 0. The molecule has 1 rings (SSSR count). The van der Waals surface area contributed by atoms with E-state index >= 15 is 0 Å². The summed E-state index contributed by atoms with van der Waals surface area (Å²) < 4.78 is 29.9. The Morgan fingerprint density at radius 2 is 1.56 bits per heavy atom. The molecule has 0 aliphatic heterocycles. The van der Waals surface area contributed by atoms with Crippen LogP contribution in [0.2, 0.25) is 0 Å². The number of benzene rings is 1. The van der Waals surface area contributed by atoms with Crippen molar-refractivity contribution in [1.29, 1.82) is 0 Å².